The zero-order valence-electron chi connectivity index (χ0n) is 9.19. The van der Waals surface area contributed by atoms with Gasteiger partial charge in [0.05, 0.1) is 6.42 Å². The SMILES string of the molecule is O=C(O)Cc1ccccc1C1CCSCC1. The van der Waals surface area contributed by atoms with Gasteiger partial charge < -0.3 is 5.11 Å². The van der Waals surface area contributed by atoms with Crippen LogP contribution >= 0.6 is 11.8 Å². The van der Waals surface area contributed by atoms with Crippen LogP contribution in [0.2, 0.25) is 0 Å². The van der Waals surface area contributed by atoms with Crippen molar-refractivity contribution in [2.24, 2.45) is 0 Å². The number of hydrogen-bond donors (Lipinski definition) is 1. The second kappa shape index (κ2) is 5.39. The zero-order valence-corrected chi connectivity index (χ0v) is 10.0. The van der Waals surface area contributed by atoms with Gasteiger partial charge in [-0.05, 0) is 41.4 Å². The Morgan fingerprint density at radius 2 is 2.00 bits per heavy atom. The van der Waals surface area contributed by atoms with Crippen LogP contribution in [-0.4, -0.2) is 22.6 Å². The lowest BCUT2D eigenvalue weighted by Crippen LogP contribution is -2.12. The Bertz CT molecular complexity index is 370. The summed E-state index contributed by atoms with van der Waals surface area (Å²) in [4.78, 5) is 10.8. The number of carboxylic acids is 1. The first kappa shape index (κ1) is 11.5. The minimum atomic E-state index is -0.738. The highest BCUT2D eigenvalue weighted by atomic mass is 32.2. The first-order valence-corrected chi connectivity index (χ1v) is 6.80. The predicted octanol–water partition coefficient (Wildman–Crippen LogP) is 2.92. The fourth-order valence-corrected chi connectivity index (χ4v) is 3.37. The minimum Gasteiger partial charge on any atom is -0.481 e. The van der Waals surface area contributed by atoms with E-state index in [-0.39, 0.29) is 6.42 Å². The average molecular weight is 236 g/mol. The lowest BCUT2D eigenvalue weighted by molar-refractivity contribution is -0.136. The highest BCUT2D eigenvalue weighted by Gasteiger charge is 2.18. The van der Waals surface area contributed by atoms with Crippen molar-refractivity contribution in [1.82, 2.24) is 0 Å². The fraction of sp³-hybridized carbons (Fsp3) is 0.462. The van der Waals surface area contributed by atoms with Crippen molar-refractivity contribution in [3.8, 4) is 0 Å². The molecule has 0 atom stereocenters. The molecule has 1 fully saturated rings. The van der Waals surface area contributed by atoms with Gasteiger partial charge in [0.15, 0.2) is 0 Å². The van der Waals surface area contributed by atoms with Crippen LogP contribution in [0.25, 0.3) is 0 Å². The molecule has 0 saturated carbocycles. The number of thioether (sulfide) groups is 1. The maximum absolute atomic E-state index is 10.8. The van der Waals surface area contributed by atoms with Crippen LogP contribution in [0.15, 0.2) is 24.3 Å². The molecule has 1 aliphatic heterocycles. The van der Waals surface area contributed by atoms with Crippen LogP contribution in [0.3, 0.4) is 0 Å². The molecule has 3 heteroatoms. The summed E-state index contributed by atoms with van der Waals surface area (Å²) in [6, 6.07) is 7.99. The van der Waals surface area contributed by atoms with Gasteiger partial charge in [0.1, 0.15) is 0 Å². The molecule has 0 amide bonds. The van der Waals surface area contributed by atoms with Gasteiger partial charge >= 0.3 is 5.97 Å². The Kier molecular flexibility index (Phi) is 3.88. The van der Waals surface area contributed by atoms with Crippen LogP contribution in [0.4, 0.5) is 0 Å². The van der Waals surface area contributed by atoms with Crippen molar-refractivity contribution in [2.45, 2.75) is 25.2 Å². The summed E-state index contributed by atoms with van der Waals surface area (Å²) >= 11 is 2.00. The van der Waals surface area contributed by atoms with E-state index < -0.39 is 5.97 Å². The van der Waals surface area contributed by atoms with Crippen LogP contribution in [0.5, 0.6) is 0 Å². The van der Waals surface area contributed by atoms with Crippen molar-refractivity contribution in [3.05, 3.63) is 35.4 Å². The average Bonchev–Trinajstić information content (AvgIpc) is 2.30. The largest absolute Gasteiger partial charge is 0.481 e. The van der Waals surface area contributed by atoms with E-state index in [1.54, 1.807) is 0 Å². The predicted molar refractivity (Wildman–Crippen MR) is 67.1 cm³/mol. The molecular formula is C13H16O2S. The lowest BCUT2D eigenvalue weighted by Gasteiger charge is -2.23. The second-order valence-electron chi connectivity index (χ2n) is 4.16. The molecule has 1 saturated heterocycles. The Morgan fingerprint density at radius 3 is 2.69 bits per heavy atom. The number of hydrogen-bond acceptors (Lipinski definition) is 2. The number of aliphatic carboxylic acids is 1. The lowest BCUT2D eigenvalue weighted by atomic mass is 9.89. The Balaban J connectivity index is 2.20. The minimum absolute atomic E-state index is 0.153. The van der Waals surface area contributed by atoms with Crippen molar-refractivity contribution in [1.29, 1.82) is 0 Å². The van der Waals surface area contributed by atoms with E-state index in [9.17, 15) is 4.79 Å². The van der Waals surface area contributed by atoms with Crippen LogP contribution in [0, 0.1) is 0 Å². The van der Waals surface area contributed by atoms with E-state index in [1.165, 1.54) is 29.9 Å². The highest BCUT2D eigenvalue weighted by molar-refractivity contribution is 7.99. The topological polar surface area (TPSA) is 37.3 Å². The summed E-state index contributed by atoms with van der Waals surface area (Å²) in [5.41, 5.74) is 2.25. The van der Waals surface area contributed by atoms with Gasteiger partial charge in [0.25, 0.3) is 0 Å². The smallest absolute Gasteiger partial charge is 0.307 e. The summed E-state index contributed by atoms with van der Waals surface area (Å²) in [7, 11) is 0. The van der Waals surface area contributed by atoms with Crippen LogP contribution in [0.1, 0.15) is 29.9 Å². The van der Waals surface area contributed by atoms with Gasteiger partial charge in [-0.1, -0.05) is 24.3 Å². The van der Waals surface area contributed by atoms with Gasteiger partial charge in [-0.2, -0.15) is 11.8 Å². The van der Waals surface area contributed by atoms with Gasteiger partial charge in [-0.25, -0.2) is 0 Å². The molecule has 86 valence electrons. The summed E-state index contributed by atoms with van der Waals surface area (Å²) in [5, 5.41) is 8.89. The third kappa shape index (κ3) is 2.79. The summed E-state index contributed by atoms with van der Waals surface area (Å²) in [6.07, 6.45) is 2.52. The van der Waals surface area contributed by atoms with E-state index in [0.717, 1.165) is 5.56 Å². The molecule has 2 nitrogen and oxygen atoms in total. The molecule has 16 heavy (non-hydrogen) atoms. The first-order valence-electron chi connectivity index (χ1n) is 5.64. The third-order valence-electron chi connectivity index (χ3n) is 3.06. The van der Waals surface area contributed by atoms with E-state index in [2.05, 4.69) is 6.07 Å². The molecule has 0 aliphatic carbocycles. The highest BCUT2D eigenvalue weighted by Crippen LogP contribution is 2.33. The molecule has 0 spiro atoms. The van der Waals surface area contributed by atoms with Gasteiger partial charge in [0, 0.05) is 0 Å². The summed E-state index contributed by atoms with van der Waals surface area (Å²) in [6.45, 7) is 0. The van der Waals surface area contributed by atoms with Gasteiger partial charge in [-0.15, -0.1) is 0 Å². The van der Waals surface area contributed by atoms with E-state index in [4.69, 9.17) is 5.11 Å². The monoisotopic (exact) mass is 236 g/mol. The summed E-state index contributed by atoms with van der Waals surface area (Å²) in [5.74, 6) is 2.23. The van der Waals surface area contributed by atoms with Crippen molar-refractivity contribution >= 4 is 17.7 Å². The molecule has 1 N–H and O–H groups in total. The van der Waals surface area contributed by atoms with E-state index in [0.29, 0.717) is 5.92 Å². The number of carboxylic acid groups (broad SMARTS) is 1. The standard InChI is InChI=1S/C13H16O2S/c14-13(15)9-11-3-1-2-4-12(11)10-5-7-16-8-6-10/h1-4,10H,5-9H2,(H,14,15). The number of benzene rings is 1. The van der Waals surface area contributed by atoms with Crippen molar-refractivity contribution in [3.63, 3.8) is 0 Å². The maximum Gasteiger partial charge on any atom is 0.307 e. The second-order valence-corrected chi connectivity index (χ2v) is 5.38. The van der Waals surface area contributed by atoms with Crippen LogP contribution < -0.4 is 0 Å². The van der Waals surface area contributed by atoms with Gasteiger partial charge in [-0.3, -0.25) is 4.79 Å². The van der Waals surface area contributed by atoms with E-state index in [1.807, 2.05) is 30.0 Å². The normalized spacial score (nSPS) is 17.2. The quantitative estimate of drug-likeness (QED) is 0.876. The third-order valence-corrected chi connectivity index (χ3v) is 4.11. The molecule has 2 rings (SSSR count). The van der Waals surface area contributed by atoms with E-state index >= 15 is 0 Å². The number of rotatable bonds is 3. The molecule has 1 heterocycles. The Labute approximate surface area is 100 Å². The number of carbonyl (C=O) groups is 1. The molecule has 1 aromatic carbocycles. The first-order chi connectivity index (χ1) is 7.77. The van der Waals surface area contributed by atoms with Crippen LogP contribution in [-0.2, 0) is 11.2 Å². The van der Waals surface area contributed by atoms with Crippen molar-refractivity contribution < 1.29 is 9.90 Å². The molecule has 1 aliphatic rings. The Morgan fingerprint density at radius 1 is 1.31 bits per heavy atom. The molecule has 0 bridgehead atoms. The van der Waals surface area contributed by atoms with Gasteiger partial charge in [0.2, 0.25) is 0 Å². The molecule has 0 aromatic heterocycles. The maximum atomic E-state index is 10.8. The summed E-state index contributed by atoms with van der Waals surface area (Å²) < 4.78 is 0. The zero-order chi connectivity index (χ0) is 11.4. The fourth-order valence-electron chi connectivity index (χ4n) is 2.26. The molecule has 1 aromatic rings. The van der Waals surface area contributed by atoms with Crippen molar-refractivity contribution in [2.75, 3.05) is 11.5 Å². The molecule has 0 radical (unpaired) electrons. The Hall–Kier alpha value is -0.960. The molecular weight excluding hydrogens is 220 g/mol. The molecule has 0 unspecified atom stereocenters.